The summed E-state index contributed by atoms with van der Waals surface area (Å²) in [6.45, 7) is 0.468. The van der Waals surface area contributed by atoms with Crippen molar-refractivity contribution in [2.75, 3.05) is 31.7 Å². The zero-order valence-electron chi connectivity index (χ0n) is 19.3. The SMILES string of the molecule is NS(=O)(=O)c1ccc(NC(=O)COC(=O)CCCCCNS(=O)(=O)c2ccc3c(c2)OCCO3)cc1. The summed E-state index contributed by atoms with van der Waals surface area (Å²) in [4.78, 5) is 23.7. The number of nitrogens with one attached hydrogen (secondary N) is 2. The number of sulfonamides is 2. The number of unbranched alkanes of at least 4 members (excludes halogenated alkanes) is 2. The topological polar surface area (TPSA) is 180 Å². The van der Waals surface area contributed by atoms with Crippen molar-refractivity contribution < 1.29 is 40.6 Å². The van der Waals surface area contributed by atoms with Gasteiger partial charge in [-0.1, -0.05) is 6.42 Å². The second-order valence-electron chi connectivity index (χ2n) is 7.79. The summed E-state index contributed by atoms with van der Waals surface area (Å²) in [6, 6.07) is 9.63. The van der Waals surface area contributed by atoms with Crippen LogP contribution in [0.3, 0.4) is 0 Å². The van der Waals surface area contributed by atoms with E-state index in [1.54, 1.807) is 6.07 Å². The Morgan fingerprint density at radius 1 is 0.889 bits per heavy atom. The number of amides is 1. The molecule has 4 N–H and O–H groups in total. The molecule has 0 atom stereocenters. The Bertz CT molecular complexity index is 1290. The highest BCUT2D eigenvalue weighted by Crippen LogP contribution is 2.32. The molecule has 2 aromatic rings. The van der Waals surface area contributed by atoms with Gasteiger partial charge in [-0.15, -0.1) is 0 Å². The first-order valence-electron chi connectivity index (χ1n) is 11.0. The van der Waals surface area contributed by atoms with Crippen molar-refractivity contribution in [3.63, 3.8) is 0 Å². The summed E-state index contributed by atoms with van der Waals surface area (Å²) in [5.41, 5.74) is 0.321. The molecule has 0 unspecified atom stereocenters. The van der Waals surface area contributed by atoms with E-state index in [9.17, 15) is 26.4 Å². The molecule has 0 aliphatic carbocycles. The monoisotopic (exact) mass is 541 g/mol. The summed E-state index contributed by atoms with van der Waals surface area (Å²) < 4.78 is 65.6. The maximum atomic E-state index is 12.4. The van der Waals surface area contributed by atoms with Crippen LogP contribution in [0.25, 0.3) is 0 Å². The van der Waals surface area contributed by atoms with Crippen LogP contribution in [0, 0.1) is 0 Å². The molecule has 12 nitrogen and oxygen atoms in total. The number of benzene rings is 2. The van der Waals surface area contributed by atoms with Crippen LogP contribution in [0.5, 0.6) is 11.5 Å². The minimum Gasteiger partial charge on any atom is -0.486 e. The number of esters is 1. The number of ether oxygens (including phenoxy) is 3. The van der Waals surface area contributed by atoms with Gasteiger partial charge >= 0.3 is 5.97 Å². The van der Waals surface area contributed by atoms with Crippen LogP contribution in [-0.2, 0) is 34.4 Å². The highest BCUT2D eigenvalue weighted by Gasteiger charge is 2.19. The largest absolute Gasteiger partial charge is 0.486 e. The second kappa shape index (κ2) is 12.2. The Labute approximate surface area is 209 Å². The number of anilines is 1. The molecule has 0 spiro atoms. The van der Waals surface area contributed by atoms with Gasteiger partial charge in [0.2, 0.25) is 20.0 Å². The summed E-state index contributed by atoms with van der Waals surface area (Å²) in [6.07, 6.45) is 1.61. The maximum Gasteiger partial charge on any atom is 0.306 e. The smallest absolute Gasteiger partial charge is 0.306 e. The number of hydrogen-bond donors (Lipinski definition) is 3. The Morgan fingerprint density at radius 3 is 2.25 bits per heavy atom. The molecule has 2 aromatic carbocycles. The van der Waals surface area contributed by atoms with Crippen LogP contribution >= 0.6 is 0 Å². The van der Waals surface area contributed by atoms with Crippen molar-refractivity contribution in [2.24, 2.45) is 5.14 Å². The lowest BCUT2D eigenvalue weighted by atomic mass is 10.2. The molecule has 0 fully saturated rings. The molecule has 0 bridgehead atoms. The second-order valence-corrected chi connectivity index (χ2v) is 11.1. The summed E-state index contributed by atoms with van der Waals surface area (Å²) >= 11 is 0. The highest BCUT2D eigenvalue weighted by atomic mass is 32.2. The third-order valence-electron chi connectivity index (χ3n) is 5.00. The van der Waals surface area contributed by atoms with Crippen LogP contribution < -0.4 is 24.7 Å². The summed E-state index contributed by atoms with van der Waals surface area (Å²) in [7, 11) is -7.54. The molecule has 14 heteroatoms. The first kappa shape index (κ1) is 27.4. The lowest BCUT2D eigenvalue weighted by Crippen LogP contribution is -2.25. The molecule has 0 radical (unpaired) electrons. The number of carbonyl (C=O) groups excluding carboxylic acids is 2. The van der Waals surface area contributed by atoms with Crippen LogP contribution in [0.15, 0.2) is 52.3 Å². The third kappa shape index (κ3) is 8.19. The number of carbonyl (C=O) groups is 2. The molecule has 0 aromatic heterocycles. The normalized spacial score (nSPS) is 13.1. The van der Waals surface area contributed by atoms with Gasteiger partial charge in [-0.05, 0) is 49.2 Å². The predicted octanol–water partition coefficient (Wildman–Crippen LogP) is 1.13. The van der Waals surface area contributed by atoms with Crippen molar-refractivity contribution in [2.45, 2.75) is 35.5 Å². The van der Waals surface area contributed by atoms with E-state index >= 15 is 0 Å². The Hall–Kier alpha value is -3.20. The van der Waals surface area contributed by atoms with Crippen LogP contribution in [-0.4, -0.2) is 55.1 Å². The average Bonchev–Trinajstić information content (AvgIpc) is 2.84. The highest BCUT2D eigenvalue weighted by molar-refractivity contribution is 7.89. The third-order valence-corrected chi connectivity index (χ3v) is 7.39. The fraction of sp³-hybridized carbons (Fsp3) is 0.364. The number of nitrogens with two attached hydrogens (primary N) is 1. The van der Waals surface area contributed by atoms with Gasteiger partial charge in [0.1, 0.15) is 13.2 Å². The van der Waals surface area contributed by atoms with Crippen LogP contribution in [0.1, 0.15) is 25.7 Å². The average molecular weight is 542 g/mol. The van der Waals surface area contributed by atoms with E-state index in [0.29, 0.717) is 49.7 Å². The van der Waals surface area contributed by atoms with Gasteiger partial charge in [0, 0.05) is 24.7 Å². The molecule has 1 heterocycles. The number of primary sulfonamides is 1. The summed E-state index contributed by atoms with van der Waals surface area (Å²) in [5.74, 6) is -0.258. The van der Waals surface area contributed by atoms with Crippen molar-refractivity contribution in [3.8, 4) is 11.5 Å². The molecule has 1 aliphatic heterocycles. The van der Waals surface area contributed by atoms with Gasteiger partial charge in [0.05, 0.1) is 9.79 Å². The van der Waals surface area contributed by atoms with Crippen LogP contribution in [0.4, 0.5) is 5.69 Å². The fourth-order valence-electron chi connectivity index (χ4n) is 3.20. The van der Waals surface area contributed by atoms with Crippen LogP contribution in [0.2, 0.25) is 0 Å². The Morgan fingerprint density at radius 2 is 1.56 bits per heavy atom. The zero-order chi connectivity index (χ0) is 26.2. The first-order chi connectivity index (χ1) is 17.0. The standard InChI is InChI=1S/C22H27N3O9S2/c23-35(28,29)17-7-5-16(6-8-17)25-21(26)15-34-22(27)4-2-1-3-11-24-36(30,31)18-9-10-19-20(14-18)33-13-12-32-19/h5-10,14,24H,1-4,11-13,15H2,(H,25,26)(H2,23,28,29). The maximum absolute atomic E-state index is 12.4. The van der Waals surface area contributed by atoms with Crippen molar-refractivity contribution in [3.05, 3.63) is 42.5 Å². The van der Waals surface area contributed by atoms with E-state index in [1.807, 2.05) is 0 Å². The van der Waals surface area contributed by atoms with Crippen molar-refractivity contribution in [1.29, 1.82) is 0 Å². The van der Waals surface area contributed by atoms with E-state index in [2.05, 4.69) is 10.0 Å². The number of hydrogen-bond acceptors (Lipinski definition) is 9. The van der Waals surface area contributed by atoms with Gasteiger partial charge in [0.15, 0.2) is 18.1 Å². The number of rotatable bonds is 12. The zero-order valence-corrected chi connectivity index (χ0v) is 20.9. The van der Waals surface area contributed by atoms with Gasteiger partial charge < -0.3 is 19.5 Å². The Balaban J connectivity index is 1.30. The molecule has 1 aliphatic rings. The van der Waals surface area contributed by atoms with E-state index in [0.717, 1.165) is 0 Å². The quantitative estimate of drug-likeness (QED) is 0.262. The molecule has 0 saturated heterocycles. The fourth-order valence-corrected chi connectivity index (χ4v) is 4.80. The van der Waals surface area contributed by atoms with E-state index in [1.165, 1.54) is 36.4 Å². The summed E-state index contributed by atoms with van der Waals surface area (Å²) in [5, 5.41) is 7.48. The van der Waals surface area contributed by atoms with E-state index in [-0.39, 0.29) is 22.8 Å². The van der Waals surface area contributed by atoms with Gasteiger partial charge in [0.25, 0.3) is 5.91 Å². The first-order valence-corrected chi connectivity index (χ1v) is 14.1. The molecular weight excluding hydrogens is 514 g/mol. The Kier molecular flexibility index (Phi) is 9.25. The molecule has 36 heavy (non-hydrogen) atoms. The van der Waals surface area contributed by atoms with Gasteiger partial charge in [-0.2, -0.15) is 0 Å². The van der Waals surface area contributed by atoms with E-state index < -0.39 is 38.5 Å². The molecular formula is C22H27N3O9S2. The molecule has 3 rings (SSSR count). The van der Waals surface area contributed by atoms with Crippen molar-refractivity contribution in [1.82, 2.24) is 4.72 Å². The molecule has 1 amide bonds. The minimum atomic E-state index is -3.83. The number of fused-ring (bicyclic) bond motifs is 1. The van der Waals surface area contributed by atoms with Gasteiger partial charge in [-0.3, -0.25) is 9.59 Å². The van der Waals surface area contributed by atoms with Crippen molar-refractivity contribution >= 4 is 37.6 Å². The minimum absolute atomic E-state index is 0.0747. The lowest BCUT2D eigenvalue weighted by Gasteiger charge is -2.18. The lowest BCUT2D eigenvalue weighted by molar-refractivity contribution is -0.147. The molecule has 196 valence electrons. The van der Waals surface area contributed by atoms with E-state index in [4.69, 9.17) is 19.3 Å². The predicted molar refractivity (Wildman–Crippen MR) is 128 cm³/mol. The molecule has 0 saturated carbocycles. The van der Waals surface area contributed by atoms with Gasteiger partial charge in [-0.25, -0.2) is 26.7 Å².